The minimum Gasteiger partial charge on any atom is -0.469 e. The fraction of sp³-hybridized carbons (Fsp3) is 0.308. The third kappa shape index (κ3) is 5.33. The molecule has 0 saturated carbocycles. The molecule has 0 spiro atoms. The number of ether oxygens (including phenoxy) is 2. The number of pyridine rings is 1. The number of piperidine rings is 1. The van der Waals surface area contributed by atoms with E-state index in [-0.39, 0.29) is 18.9 Å². The first kappa shape index (κ1) is 23.2. The number of carbonyl (C=O) groups is 3. The number of amides is 2. The Morgan fingerprint density at radius 3 is 2.65 bits per heavy atom. The van der Waals surface area contributed by atoms with Crippen molar-refractivity contribution in [3.63, 3.8) is 0 Å². The lowest BCUT2D eigenvalue weighted by Crippen LogP contribution is -2.55. The van der Waals surface area contributed by atoms with Gasteiger partial charge in [-0.2, -0.15) is 0 Å². The number of hydrogen-bond donors (Lipinski definition) is 1. The number of rotatable bonds is 6. The molecule has 2 amide bonds. The van der Waals surface area contributed by atoms with Gasteiger partial charge in [0.1, 0.15) is 12.6 Å². The first-order valence-corrected chi connectivity index (χ1v) is 11.3. The summed E-state index contributed by atoms with van der Waals surface area (Å²) in [5, 5.41) is 3.82. The molecule has 1 saturated heterocycles. The van der Waals surface area contributed by atoms with Crippen LogP contribution in [0.2, 0.25) is 0 Å². The number of para-hydroxylation sites is 1. The van der Waals surface area contributed by atoms with E-state index < -0.39 is 24.0 Å². The molecule has 2 aromatic carbocycles. The quantitative estimate of drug-likeness (QED) is 0.554. The summed E-state index contributed by atoms with van der Waals surface area (Å²) in [6.07, 6.45) is 2.37. The van der Waals surface area contributed by atoms with Gasteiger partial charge in [0.25, 0.3) is 0 Å². The van der Waals surface area contributed by atoms with Crippen molar-refractivity contribution in [1.29, 1.82) is 0 Å². The summed E-state index contributed by atoms with van der Waals surface area (Å²) < 4.78 is 10.4. The van der Waals surface area contributed by atoms with Gasteiger partial charge in [-0.1, -0.05) is 48.5 Å². The molecule has 176 valence electrons. The van der Waals surface area contributed by atoms with E-state index in [1.54, 1.807) is 12.3 Å². The number of aromatic nitrogens is 1. The van der Waals surface area contributed by atoms with Crippen molar-refractivity contribution in [3.8, 4) is 0 Å². The normalized spacial score (nSPS) is 17.7. The average Bonchev–Trinajstić information content (AvgIpc) is 2.87. The monoisotopic (exact) mass is 461 g/mol. The molecule has 3 aromatic rings. The minimum absolute atomic E-state index is 0.0326. The zero-order chi connectivity index (χ0) is 23.9. The molecular formula is C26H27N3O5. The Labute approximate surface area is 197 Å². The molecule has 34 heavy (non-hydrogen) atoms. The topological polar surface area (TPSA) is 97.8 Å². The lowest BCUT2D eigenvalue weighted by atomic mass is 9.86. The number of nitrogens with one attached hydrogen (secondary N) is 1. The van der Waals surface area contributed by atoms with Crippen LogP contribution in [-0.2, 0) is 25.7 Å². The van der Waals surface area contributed by atoms with E-state index in [1.807, 2.05) is 54.6 Å². The third-order valence-electron chi connectivity index (χ3n) is 6.01. The second-order valence-electron chi connectivity index (χ2n) is 8.23. The average molecular weight is 462 g/mol. The number of fused-ring (bicyclic) bond motifs is 1. The van der Waals surface area contributed by atoms with Crippen molar-refractivity contribution in [1.82, 2.24) is 9.88 Å². The van der Waals surface area contributed by atoms with Gasteiger partial charge in [0.15, 0.2) is 0 Å². The summed E-state index contributed by atoms with van der Waals surface area (Å²) in [6.45, 7) is 0.455. The maximum atomic E-state index is 13.5. The Morgan fingerprint density at radius 2 is 1.85 bits per heavy atom. The highest BCUT2D eigenvalue weighted by Crippen LogP contribution is 2.30. The highest BCUT2D eigenvalue weighted by atomic mass is 16.6. The molecule has 1 aliphatic rings. The van der Waals surface area contributed by atoms with E-state index >= 15 is 0 Å². The van der Waals surface area contributed by atoms with Crippen molar-refractivity contribution in [2.45, 2.75) is 31.9 Å². The first-order valence-electron chi connectivity index (χ1n) is 11.3. The maximum absolute atomic E-state index is 13.5. The van der Waals surface area contributed by atoms with Crippen LogP contribution >= 0.6 is 0 Å². The van der Waals surface area contributed by atoms with Gasteiger partial charge in [-0.3, -0.25) is 19.5 Å². The molecular weight excluding hydrogens is 434 g/mol. The van der Waals surface area contributed by atoms with E-state index in [0.717, 1.165) is 10.9 Å². The van der Waals surface area contributed by atoms with Crippen molar-refractivity contribution >= 4 is 34.6 Å². The minimum atomic E-state index is -0.880. The summed E-state index contributed by atoms with van der Waals surface area (Å²) in [7, 11) is 1.31. The van der Waals surface area contributed by atoms with Crippen LogP contribution in [0.1, 0.15) is 24.8 Å². The molecule has 2 heterocycles. The van der Waals surface area contributed by atoms with Crippen LogP contribution in [0.5, 0.6) is 0 Å². The summed E-state index contributed by atoms with van der Waals surface area (Å²) >= 11 is 0. The van der Waals surface area contributed by atoms with Gasteiger partial charge in [-0.25, -0.2) is 4.79 Å². The summed E-state index contributed by atoms with van der Waals surface area (Å²) in [5.74, 6) is -1.20. The number of anilines is 1. The second kappa shape index (κ2) is 10.8. The standard InChI is InChI=1S/C26H27N3O5/c1-33-22(30)16-20-12-7-15-29(26(32)34-17-18-8-3-2-4-9-18)24(20)25(31)28-21-13-5-10-19-11-6-14-27-23(19)21/h2-6,8-11,13-14,20,24H,7,12,15-17H2,1H3,(H,28,31)/t20-,24-/m1/s1. The maximum Gasteiger partial charge on any atom is 0.410 e. The molecule has 0 unspecified atom stereocenters. The molecule has 1 fully saturated rings. The zero-order valence-corrected chi connectivity index (χ0v) is 19.0. The SMILES string of the molecule is COC(=O)C[C@H]1CCCN(C(=O)OCc2ccccc2)[C@H]1C(=O)Nc1cccc2cccnc12. The second-order valence-corrected chi connectivity index (χ2v) is 8.23. The molecule has 0 radical (unpaired) electrons. The zero-order valence-electron chi connectivity index (χ0n) is 19.0. The van der Waals surface area contributed by atoms with Crippen LogP contribution in [-0.4, -0.2) is 47.6 Å². The molecule has 2 atom stereocenters. The van der Waals surface area contributed by atoms with Crippen LogP contribution in [0.3, 0.4) is 0 Å². The van der Waals surface area contributed by atoms with E-state index in [1.165, 1.54) is 12.0 Å². The Balaban J connectivity index is 1.57. The van der Waals surface area contributed by atoms with Crippen molar-refractivity contribution in [2.24, 2.45) is 5.92 Å². The van der Waals surface area contributed by atoms with E-state index in [2.05, 4.69) is 10.3 Å². The van der Waals surface area contributed by atoms with Gasteiger partial charge >= 0.3 is 12.1 Å². The van der Waals surface area contributed by atoms with Gasteiger partial charge in [-0.15, -0.1) is 0 Å². The summed E-state index contributed by atoms with van der Waals surface area (Å²) in [4.78, 5) is 44.5. The predicted molar refractivity (Wildman–Crippen MR) is 127 cm³/mol. The molecule has 8 nitrogen and oxygen atoms in total. The predicted octanol–water partition coefficient (Wildman–Crippen LogP) is 4.15. The van der Waals surface area contributed by atoms with Crippen LogP contribution < -0.4 is 5.32 Å². The fourth-order valence-electron chi connectivity index (χ4n) is 4.36. The molecule has 1 aromatic heterocycles. The highest BCUT2D eigenvalue weighted by Gasteiger charge is 2.41. The van der Waals surface area contributed by atoms with Crippen LogP contribution in [0.4, 0.5) is 10.5 Å². The number of nitrogens with zero attached hydrogens (tertiary/aromatic N) is 2. The van der Waals surface area contributed by atoms with Crippen LogP contribution in [0.15, 0.2) is 66.9 Å². The number of methoxy groups -OCH3 is 1. The van der Waals surface area contributed by atoms with Crippen molar-refractivity contribution in [3.05, 3.63) is 72.4 Å². The van der Waals surface area contributed by atoms with Gasteiger partial charge in [0, 0.05) is 18.1 Å². The molecule has 0 aliphatic carbocycles. The van der Waals surface area contributed by atoms with Gasteiger partial charge in [0.05, 0.1) is 24.7 Å². The Hall–Kier alpha value is -3.94. The van der Waals surface area contributed by atoms with Gasteiger partial charge in [0.2, 0.25) is 5.91 Å². The number of carbonyl (C=O) groups excluding carboxylic acids is 3. The lowest BCUT2D eigenvalue weighted by Gasteiger charge is -2.39. The largest absolute Gasteiger partial charge is 0.469 e. The van der Waals surface area contributed by atoms with Gasteiger partial charge in [-0.05, 0) is 36.5 Å². The fourth-order valence-corrected chi connectivity index (χ4v) is 4.36. The van der Waals surface area contributed by atoms with E-state index in [0.29, 0.717) is 30.6 Å². The van der Waals surface area contributed by atoms with Crippen LogP contribution in [0.25, 0.3) is 10.9 Å². The highest BCUT2D eigenvalue weighted by molar-refractivity contribution is 6.03. The summed E-state index contributed by atoms with van der Waals surface area (Å²) in [5.41, 5.74) is 2.04. The third-order valence-corrected chi connectivity index (χ3v) is 6.01. The number of hydrogen-bond acceptors (Lipinski definition) is 6. The Bertz CT molecular complexity index is 1160. The summed E-state index contributed by atoms with van der Waals surface area (Å²) in [6, 6.07) is 17.7. The van der Waals surface area contributed by atoms with E-state index in [9.17, 15) is 14.4 Å². The molecule has 1 N–H and O–H groups in total. The molecule has 1 aliphatic heterocycles. The molecule has 4 rings (SSSR count). The van der Waals surface area contributed by atoms with E-state index in [4.69, 9.17) is 9.47 Å². The molecule has 0 bridgehead atoms. The van der Waals surface area contributed by atoms with Crippen molar-refractivity contribution < 1.29 is 23.9 Å². The number of esters is 1. The Kier molecular flexibility index (Phi) is 7.37. The first-order chi connectivity index (χ1) is 16.6. The van der Waals surface area contributed by atoms with Crippen molar-refractivity contribution in [2.75, 3.05) is 19.0 Å². The Morgan fingerprint density at radius 1 is 1.06 bits per heavy atom. The lowest BCUT2D eigenvalue weighted by molar-refractivity contribution is -0.143. The number of likely N-dealkylation sites (tertiary alicyclic amines) is 1. The molecule has 8 heteroatoms. The number of benzene rings is 2. The van der Waals surface area contributed by atoms with Gasteiger partial charge < -0.3 is 14.8 Å². The van der Waals surface area contributed by atoms with Crippen LogP contribution in [0, 0.1) is 5.92 Å². The smallest absolute Gasteiger partial charge is 0.410 e.